The van der Waals surface area contributed by atoms with Crippen LogP contribution in [0.15, 0.2) is 17.4 Å². The number of halogens is 1. The lowest BCUT2D eigenvalue weighted by molar-refractivity contribution is 0.0990. The zero-order chi connectivity index (χ0) is 9.84. The number of aromatic nitrogens is 2. The maximum atomic E-state index is 11.5. The molecule has 0 aliphatic carbocycles. The lowest BCUT2D eigenvalue weighted by Crippen LogP contribution is -2.12. The maximum Gasteiger partial charge on any atom is 0.194 e. The molecule has 0 spiro atoms. The molecular formula is C8H9BrN2OS. The Morgan fingerprint density at radius 3 is 2.92 bits per heavy atom. The van der Waals surface area contributed by atoms with Crippen LogP contribution in [0.3, 0.4) is 0 Å². The van der Waals surface area contributed by atoms with Gasteiger partial charge in [-0.15, -0.1) is 0 Å². The number of hydrogen-bond donors (Lipinski definition) is 0. The highest BCUT2D eigenvalue weighted by Gasteiger charge is 2.13. The predicted molar refractivity (Wildman–Crippen MR) is 56.5 cm³/mol. The summed E-state index contributed by atoms with van der Waals surface area (Å²) in [5.74, 6) is -0.0160. The van der Waals surface area contributed by atoms with Crippen molar-refractivity contribution in [1.82, 2.24) is 9.97 Å². The number of hydrogen-bond acceptors (Lipinski definition) is 4. The van der Waals surface area contributed by atoms with Gasteiger partial charge in [-0.3, -0.25) is 4.79 Å². The van der Waals surface area contributed by atoms with Crippen LogP contribution in [0.4, 0.5) is 0 Å². The molecule has 0 fully saturated rings. The van der Waals surface area contributed by atoms with E-state index in [-0.39, 0.29) is 10.6 Å². The largest absolute Gasteiger partial charge is 0.291 e. The van der Waals surface area contributed by atoms with Gasteiger partial charge >= 0.3 is 0 Å². The molecule has 1 heterocycles. The van der Waals surface area contributed by atoms with Crippen molar-refractivity contribution in [3.63, 3.8) is 0 Å². The van der Waals surface area contributed by atoms with Crippen molar-refractivity contribution in [2.75, 3.05) is 6.26 Å². The highest BCUT2D eigenvalue weighted by molar-refractivity contribution is 9.10. The number of alkyl halides is 1. The zero-order valence-corrected chi connectivity index (χ0v) is 9.72. The van der Waals surface area contributed by atoms with Crippen LogP contribution in [-0.2, 0) is 0 Å². The van der Waals surface area contributed by atoms with Crippen molar-refractivity contribution in [1.29, 1.82) is 0 Å². The van der Waals surface area contributed by atoms with Crippen molar-refractivity contribution >= 4 is 33.5 Å². The van der Waals surface area contributed by atoms with Crippen LogP contribution in [0, 0.1) is 0 Å². The van der Waals surface area contributed by atoms with Crippen LogP contribution >= 0.6 is 27.7 Å². The average Bonchev–Trinajstić information content (AvgIpc) is 2.16. The number of carbonyl (C=O) groups is 1. The summed E-state index contributed by atoms with van der Waals surface area (Å²) >= 11 is 4.63. The number of ketones is 1. The molecule has 13 heavy (non-hydrogen) atoms. The molecule has 70 valence electrons. The fraction of sp³-hybridized carbons (Fsp3) is 0.375. The fourth-order valence-corrected chi connectivity index (χ4v) is 1.37. The van der Waals surface area contributed by atoms with E-state index in [9.17, 15) is 4.79 Å². The number of thioether (sulfide) groups is 1. The number of Topliss-reactive ketones (excluding diaryl/α,β-unsaturated/α-hetero) is 1. The molecule has 0 aliphatic heterocycles. The number of carbonyl (C=O) groups excluding carboxylic acids is 1. The van der Waals surface area contributed by atoms with E-state index >= 15 is 0 Å². The Morgan fingerprint density at radius 2 is 2.38 bits per heavy atom. The van der Waals surface area contributed by atoms with Gasteiger partial charge in [-0.05, 0) is 19.2 Å². The molecule has 1 aromatic heterocycles. The second-order valence-corrected chi connectivity index (χ2v) is 4.56. The van der Waals surface area contributed by atoms with Crippen LogP contribution in [0.1, 0.15) is 17.4 Å². The van der Waals surface area contributed by atoms with Gasteiger partial charge in [0.05, 0.1) is 4.83 Å². The normalized spacial score (nSPS) is 12.5. The molecule has 0 saturated heterocycles. The monoisotopic (exact) mass is 260 g/mol. The molecule has 0 aliphatic rings. The van der Waals surface area contributed by atoms with Crippen molar-refractivity contribution in [3.8, 4) is 0 Å². The Bertz CT molecular complexity index is 317. The van der Waals surface area contributed by atoms with Crippen molar-refractivity contribution in [3.05, 3.63) is 18.0 Å². The number of rotatable bonds is 3. The Labute approximate surface area is 89.5 Å². The average molecular weight is 261 g/mol. The molecule has 0 aromatic carbocycles. The highest BCUT2D eigenvalue weighted by atomic mass is 79.9. The SMILES string of the molecule is CSc1nccc(C(=O)C(C)Br)n1. The van der Waals surface area contributed by atoms with Crippen LogP contribution in [0.2, 0.25) is 0 Å². The van der Waals surface area contributed by atoms with E-state index in [0.29, 0.717) is 10.9 Å². The smallest absolute Gasteiger partial charge is 0.194 e. The van der Waals surface area contributed by atoms with Crippen LogP contribution in [0.5, 0.6) is 0 Å². The van der Waals surface area contributed by atoms with E-state index in [4.69, 9.17) is 0 Å². The first-order chi connectivity index (χ1) is 6.15. The molecule has 0 saturated carbocycles. The van der Waals surface area contributed by atoms with E-state index in [1.54, 1.807) is 19.2 Å². The summed E-state index contributed by atoms with van der Waals surface area (Å²) in [5, 5.41) is 0.624. The summed E-state index contributed by atoms with van der Waals surface area (Å²) in [6, 6.07) is 1.62. The Kier molecular flexibility index (Phi) is 3.87. The van der Waals surface area contributed by atoms with E-state index in [1.807, 2.05) is 6.26 Å². The molecule has 0 N–H and O–H groups in total. The standard InChI is InChI=1S/C8H9BrN2OS/c1-5(9)7(12)6-3-4-10-8(11-6)13-2/h3-5H,1-2H3. The molecule has 3 nitrogen and oxygen atoms in total. The Balaban J connectivity index is 2.95. The first-order valence-corrected chi connectivity index (χ1v) is 5.84. The van der Waals surface area contributed by atoms with Crippen LogP contribution in [0.25, 0.3) is 0 Å². The first kappa shape index (κ1) is 10.7. The van der Waals surface area contributed by atoms with Crippen LogP contribution < -0.4 is 0 Å². The lowest BCUT2D eigenvalue weighted by Gasteiger charge is -2.02. The van der Waals surface area contributed by atoms with Gasteiger partial charge in [0.15, 0.2) is 10.9 Å². The van der Waals surface area contributed by atoms with Crippen molar-refractivity contribution in [2.45, 2.75) is 16.9 Å². The molecule has 5 heteroatoms. The topological polar surface area (TPSA) is 42.9 Å². The van der Waals surface area contributed by atoms with Gasteiger partial charge in [0.2, 0.25) is 0 Å². The molecule has 0 radical (unpaired) electrons. The lowest BCUT2D eigenvalue weighted by atomic mass is 10.2. The quantitative estimate of drug-likeness (QED) is 0.362. The summed E-state index contributed by atoms with van der Waals surface area (Å²) in [5.41, 5.74) is 0.462. The first-order valence-electron chi connectivity index (χ1n) is 3.70. The van der Waals surface area contributed by atoms with Gasteiger partial charge in [-0.2, -0.15) is 0 Å². The maximum absolute atomic E-state index is 11.5. The second-order valence-electron chi connectivity index (χ2n) is 2.41. The summed E-state index contributed by atoms with van der Waals surface area (Å²) in [4.78, 5) is 19.3. The summed E-state index contributed by atoms with van der Waals surface area (Å²) < 4.78 is 0. The molecule has 0 bridgehead atoms. The van der Waals surface area contributed by atoms with Gasteiger partial charge in [0.1, 0.15) is 5.69 Å². The van der Waals surface area contributed by atoms with E-state index in [0.717, 1.165) is 0 Å². The van der Waals surface area contributed by atoms with E-state index < -0.39 is 0 Å². The van der Waals surface area contributed by atoms with Gasteiger partial charge in [0.25, 0.3) is 0 Å². The van der Waals surface area contributed by atoms with Gasteiger partial charge in [-0.1, -0.05) is 27.7 Å². The number of nitrogens with zero attached hydrogens (tertiary/aromatic N) is 2. The molecule has 1 rings (SSSR count). The van der Waals surface area contributed by atoms with Crippen LogP contribution in [-0.4, -0.2) is 26.8 Å². The molecule has 1 unspecified atom stereocenters. The third-order valence-electron chi connectivity index (χ3n) is 1.43. The second kappa shape index (κ2) is 4.72. The zero-order valence-electron chi connectivity index (χ0n) is 7.32. The minimum Gasteiger partial charge on any atom is -0.291 e. The Hall–Kier alpha value is -0.420. The molecule has 1 aromatic rings. The van der Waals surface area contributed by atoms with Crippen molar-refractivity contribution < 1.29 is 4.79 Å². The molecule has 1 atom stereocenters. The molecule has 0 amide bonds. The summed E-state index contributed by atoms with van der Waals surface area (Å²) in [6.07, 6.45) is 3.47. The molecular weight excluding hydrogens is 252 g/mol. The highest BCUT2D eigenvalue weighted by Crippen LogP contribution is 2.11. The van der Waals surface area contributed by atoms with Gasteiger partial charge < -0.3 is 0 Å². The van der Waals surface area contributed by atoms with Crippen molar-refractivity contribution in [2.24, 2.45) is 0 Å². The third kappa shape index (κ3) is 2.77. The Morgan fingerprint density at radius 1 is 1.69 bits per heavy atom. The predicted octanol–water partition coefficient (Wildman–Crippen LogP) is 2.16. The minimum absolute atomic E-state index is 0.0160. The van der Waals surface area contributed by atoms with E-state index in [2.05, 4.69) is 25.9 Å². The van der Waals surface area contributed by atoms with Gasteiger partial charge in [-0.25, -0.2) is 9.97 Å². The van der Waals surface area contributed by atoms with E-state index in [1.165, 1.54) is 11.8 Å². The fourth-order valence-electron chi connectivity index (χ4n) is 0.780. The summed E-state index contributed by atoms with van der Waals surface area (Å²) in [6.45, 7) is 1.78. The summed E-state index contributed by atoms with van der Waals surface area (Å²) in [7, 11) is 0. The third-order valence-corrected chi connectivity index (χ3v) is 2.41. The van der Waals surface area contributed by atoms with Gasteiger partial charge in [0, 0.05) is 6.20 Å². The minimum atomic E-state index is -0.197.